The van der Waals surface area contributed by atoms with Gasteiger partial charge in [0.2, 0.25) is 0 Å². The van der Waals surface area contributed by atoms with Gasteiger partial charge in [-0.25, -0.2) is 9.78 Å². The van der Waals surface area contributed by atoms with Crippen molar-refractivity contribution in [2.45, 2.75) is 6.54 Å². The van der Waals surface area contributed by atoms with Crippen molar-refractivity contribution in [2.24, 2.45) is 0 Å². The standard InChI is InChI=1S/C8H8ClN5O/c9-6-3-10-4-7(14-6)11-1-5-2-12-8(15)13-5/h2-4H,1H2,(H,11,14)(H2,12,13,15). The van der Waals surface area contributed by atoms with E-state index in [1.807, 2.05) is 0 Å². The van der Waals surface area contributed by atoms with Gasteiger partial charge in [0.1, 0.15) is 11.0 Å². The highest BCUT2D eigenvalue weighted by Gasteiger charge is 1.98. The molecule has 2 heterocycles. The van der Waals surface area contributed by atoms with E-state index >= 15 is 0 Å². The highest BCUT2D eigenvalue weighted by molar-refractivity contribution is 6.29. The number of halogens is 1. The fraction of sp³-hybridized carbons (Fsp3) is 0.125. The molecule has 0 atom stereocenters. The van der Waals surface area contributed by atoms with Crippen LogP contribution in [0.5, 0.6) is 0 Å². The summed E-state index contributed by atoms with van der Waals surface area (Å²) < 4.78 is 0. The maximum atomic E-state index is 10.8. The molecule has 78 valence electrons. The van der Waals surface area contributed by atoms with Crippen LogP contribution in [0.4, 0.5) is 5.82 Å². The van der Waals surface area contributed by atoms with Crippen molar-refractivity contribution < 1.29 is 0 Å². The molecular weight excluding hydrogens is 218 g/mol. The van der Waals surface area contributed by atoms with Gasteiger partial charge in [0, 0.05) is 6.20 Å². The Hall–Kier alpha value is -1.82. The number of aromatic nitrogens is 4. The van der Waals surface area contributed by atoms with Gasteiger partial charge in [-0.2, -0.15) is 0 Å². The first kappa shape index (κ1) is 9.72. The van der Waals surface area contributed by atoms with Gasteiger partial charge in [-0.3, -0.25) is 4.98 Å². The summed E-state index contributed by atoms with van der Waals surface area (Å²) in [5.74, 6) is 0.560. The second-order valence-electron chi connectivity index (χ2n) is 2.85. The molecule has 6 nitrogen and oxygen atoms in total. The molecule has 0 unspecified atom stereocenters. The summed E-state index contributed by atoms with van der Waals surface area (Å²) in [5.41, 5.74) is 0.505. The van der Waals surface area contributed by atoms with Crippen LogP contribution >= 0.6 is 11.6 Å². The SMILES string of the molecule is O=c1[nH]cc(CNc2cncc(Cl)n2)[nH]1. The molecule has 3 N–H and O–H groups in total. The average molecular weight is 226 g/mol. The van der Waals surface area contributed by atoms with Crippen LogP contribution < -0.4 is 11.0 Å². The molecule has 0 aliphatic carbocycles. The van der Waals surface area contributed by atoms with Crippen LogP contribution in [0.3, 0.4) is 0 Å². The topological polar surface area (TPSA) is 86.5 Å². The normalized spacial score (nSPS) is 10.2. The summed E-state index contributed by atoms with van der Waals surface area (Å²) in [7, 11) is 0. The smallest absolute Gasteiger partial charge is 0.323 e. The monoisotopic (exact) mass is 225 g/mol. The Kier molecular flexibility index (Phi) is 2.68. The third-order valence-corrected chi connectivity index (χ3v) is 1.90. The van der Waals surface area contributed by atoms with E-state index in [0.717, 1.165) is 5.69 Å². The highest BCUT2D eigenvalue weighted by atomic mass is 35.5. The number of H-pyrrole nitrogens is 2. The molecule has 2 rings (SSSR count). The summed E-state index contributed by atoms with van der Waals surface area (Å²) in [6, 6.07) is 0. The van der Waals surface area contributed by atoms with Gasteiger partial charge >= 0.3 is 5.69 Å². The summed E-state index contributed by atoms with van der Waals surface area (Å²) in [4.78, 5) is 23.7. The molecule has 0 aromatic carbocycles. The lowest BCUT2D eigenvalue weighted by atomic mass is 10.4. The minimum atomic E-state index is -0.232. The molecule has 0 aliphatic heterocycles. The number of hydrogen-bond acceptors (Lipinski definition) is 4. The Morgan fingerprint density at radius 1 is 1.47 bits per heavy atom. The van der Waals surface area contributed by atoms with Crippen LogP contribution in [0.25, 0.3) is 0 Å². The van der Waals surface area contributed by atoms with E-state index in [1.54, 1.807) is 12.4 Å². The van der Waals surface area contributed by atoms with Crippen molar-refractivity contribution >= 4 is 17.4 Å². The maximum Gasteiger partial charge on any atom is 0.323 e. The minimum absolute atomic E-state index is 0.232. The molecule has 0 bridgehead atoms. The van der Waals surface area contributed by atoms with Crippen molar-refractivity contribution in [3.05, 3.63) is 39.9 Å². The number of nitrogens with one attached hydrogen (secondary N) is 3. The Balaban J connectivity index is 2.02. The van der Waals surface area contributed by atoms with Crippen molar-refractivity contribution in [3.8, 4) is 0 Å². The number of imidazole rings is 1. The molecule has 2 aromatic rings. The summed E-state index contributed by atoms with van der Waals surface area (Å²) in [6.07, 6.45) is 4.59. The largest absolute Gasteiger partial charge is 0.363 e. The fourth-order valence-electron chi connectivity index (χ4n) is 1.08. The summed E-state index contributed by atoms with van der Waals surface area (Å²) in [6.45, 7) is 0.452. The molecule has 0 saturated heterocycles. The van der Waals surface area contributed by atoms with E-state index in [9.17, 15) is 4.79 Å². The lowest BCUT2D eigenvalue weighted by Gasteiger charge is -2.02. The number of rotatable bonds is 3. The zero-order valence-corrected chi connectivity index (χ0v) is 8.38. The van der Waals surface area contributed by atoms with Gasteiger partial charge in [0.25, 0.3) is 0 Å². The Morgan fingerprint density at radius 3 is 3.00 bits per heavy atom. The van der Waals surface area contributed by atoms with Crippen molar-refractivity contribution in [1.82, 2.24) is 19.9 Å². The maximum absolute atomic E-state index is 10.8. The predicted octanol–water partition coefficient (Wildman–Crippen LogP) is 0.758. The Bertz CT molecular complexity index is 505. The summed E-state index contributed by atoms with van der Waals surface area (Å²) in [5, 5.41) is 3.29. The number of nitrogens with zero attached hydrogens (tertiary/aromatic N) is 2. The van der Waals surface area contributed by atoms with E-state index in [1.165, 1.54) is 6.20 Å². The molecule has 15 heavy (non-hydrogen) atoms. The van der Waals surface area contributed by atoms with Gasteiger partial charge in [0.05, 0.1) is 24.6 Å². The van der Waals surface area contributed by atoms with Crippen molar-refractivity contribution in [1.29, 1.82) is 0 Å². The third-order valence-electron chi connectivity index (χ3n) is 1.72. The first-order valence-electron chi connectivity index (χ1n) is 4.22. The van der Waals surface area contributed by atoms with Crippen LogP contribution in [0.2, 0.25) is 5.15 Å². The van der Waals surface area contributed by atoms with Crippen LogP contribution in [-0.4, -0.2) is 19.9 Å². The van der Waals surface area contributed by atoms with E-state index in [4.69, 9.17) is 11.6 Å². The van der Waals surface area contributed by atoms with E-state index in [2.05, 4.69) is 25.3 Å². The second-order valence-corrected chi connectivity index (χ2v) is 3.24. The first-order chi connectivity index (χ1) is 7.24. The molecule has 2 aromatic heterocycles. The van der Waals surface area contributed by atoms with Gasteiger partial charge < -0.3 is 15.3 Å². The van der Waals surface area contributed by atoms with Crippen LogP contribution in [0, 0.1) is 0 Å². The van der Waals surface area contributed by atoms with Gasteiger partial charge in [-0.1, -0.05) is 11.6 Å². The molecule has 0 fully saturated rings. The van der Waals surface area contributed by atoms with Gasteiger partial charge in [-0.05, 0) is 0 Å². The lowest BCUT2D eigenvalue weighted by molar-refractivity contribution is 1.03. The summed E-state index contributed by atoms with van der Waals surface area (Å²) >= 11 is 5.65. The zero-order valence-electron chi connectivity index (χ0n) is 7.62. The van der Waals surface area contributed by atoms with Gasteiger partial charge in [-0.15, -0.1) is 0 Å². The Morgan fingerprint density at radius 2 is 2.33 bits per heavy atom. The molecule has 0 spiro atoms. The third kappa shape index (κ3) is 2.57. The predicted molar refractivity (Wildman–Crippen MR) is 55.8 cm³/mol. The zero-order chi connectivity index (χ0) is 10.7. The highest BCUT2D eigenvalue weighted by Crippen LogP contribution is 2.07. The van der Waals surface area contributed by atoms with Crippen molar-refractivity contribution in [2.75, 3.05) is 5.32 Å². The van der Waals surface area contributed by atoms with Crippen LogP contribution in [0.15, 0.2) is 23.4 Å². The molecular formula is C8H8ClN5O. The number of aromatic amines is 2. The molecule has 0 amide bonds. The second kappa shape index (κ2) is 4.14. The van der Waals surface area contributed by atoms with Crippen molar-refractivity contribution in [3.63, 3.8) is 0 Å². The van der Waals surface area contributed by atoms with Gasteiger partial charge in [0.15, 0.2) is 0 Å². The minimum Gasteiger partial charge on any atom is -0.363 e. The molecule has 0 saturated carbocycles. The van der Waals surface area contributed by atoms with E-state index in [0.29, 0.717) is 17.5 Å². The lowest BCUT2D eigenvalue weighted by Crippen LogP contribution is -2.05. The molecule has 0 aliphatic rings. The average Bonchev–Trinajstić information content (AvgIpc) is 2.62. The Labute approximate surface area is 89.7 Å². The number of anilines is 1. The first-order valence-corrected chi connectivity index (χ1v) is 4.60. The fourth-order valence-corrected chi connectivity index (χ4v) is 1.23. The van der Waals surface area contributed by atoms with Crippen LogP contribution in [-0.2, 0) is 6.54 Å². The molecule has 0 radical (unpaired) electrons. The number of hydrogen-bond donors (Lipinski definition) is 3. The van der Waals surface area contributed by atoms with E-state index < -0.39 is 0 Å². The van der Waals surface area contributed by atoms with E-state index in [-0.39, 0.29) is 5.69 Å². The molecule has 7 heteroatoms. The quantitative estimate of drug-likeness (QED) is 0.720. The van der Waals surface area contributed by atoms with Crippen LogP contribution in [0.1, 0.15) is 5.69 Å².